The molecule has 0 bridgehead atoms. The molecule has 0 N–H and O–H groups in total. The molecule has 6 aliphatic carbocycles. The van der Waals surface area contributed by atoms with Crippen molar-refractivity contribution in [3.8, 4) is 0 Å². The second kappa shape index (κ2) is 19.7. The molecule has 59 heavy (non-hydrogen) atoms. The van der Waals surface area contributed by atoms with Crippen LogP contribution in [0.15, 0.2) is 69.3 Å². The van der Waals surface area contributed by atoms with Gasteiger partial charge >= 0.3 is 5.97 Å². The average molecular weight is 815 g/mol. The molecule has 9 rings (SSSR count). The van der Waals surface area contributed by atoms with E-state index in [1.807, 2.05) is 0 Å². The number of hydrogen-bond donors (Lipinski definition) is 0. The predicted octanol–water partition coefficient (Wildman–Crippen LogP) is 17.7. The van der Waals surface area contributed by atoms with Crippen LogP contribution in [0.4, 0.5) is 0 Å². The fraction of sp³-hybridized carbons (Fsp3) is 0.661. The van der Waals surface area contributed by atoms with E-state index < -0.39 is 10.3 Å². The van der Waals surface area contributed by atoms with E-state index in [0.717, 1.165) is 0 Å². The van der Waals surface area contributed by atoms with Crippen LogP contribution >= 0.6 is 10.3 Å². The third-order valence-corrected chi connectivity index (χ3v) is 20.1. The Morgan fingerprint density at radius 1 is 0.407 bits per heavy atom. The number of hydrogen-bond acceptors (Lipinski definition) is 2. The fourth-order valence-electron chi connectivity index (χ4n) is 13.5. The molecule has 6 saturated carbocycles. The van der Waals surface area contributed by atoms with Gasteiger partial charge in [-0.15, -0.1) is 0 Å². The van der Waals surface area contributed by atoms with E-state index in [9.17, 15) is 4.79 Å². The lowest BCUT2D eigenvalue weighted by atomic mass is 9.76. The second-order valence-corrected chi connectivity index (χ2v) is 23.1. The van der Waals surface area contributed by atoms with E-state index in [1.165, 1.54) is 207 Å². The molecular formula is C56H78O2S. The molecule has 0 atom stereocenters. The van der Waals surface area contributed by atoms with Crippen molar-refractivity contribution in [1.29, 1.82) is 0 Å². The van der Waals surface area contributed by atoms with Crippen molar-refractivity contribution < 1.29 is 8.98 Å². The highest BCUT2D eigenvalue weighted by Gasteiger charge is 2.46. The summed E-state index contributed by atoms with van der Waals surface area (Å²) in [5.41, 5.74) is 9.68. The zero-order valence-electron chi connectivity index (χ0n) is 37.1. The summed E-state index contributed by atoms with van der Waals surface area (Å²) in [6.07, 6.45) is 39.6. The van der Waals surface area contributed by atoms with Crippen molar-refractivity contribution >= 4 is 16.3 Å². The summed E-state index contributed by atoms with van der Waals surface area (Å²) in [6, 6.07) is 22.7. The third-order valence-electron chi connectivity index (χ3n) is 16.6. The first-order chi connectivity index (χ1) is 29.1. The van der Waals surface area contributed by atoms with Crippen LogP contribution < -0.4 is 0 Å². The minimum absolute atomic E-state index is 0.0926. The molecule has 0 spiro atoms. The minimum Gasteiger partial charge on any atom is -0.402 e. The van der Waals surface area contributed by atoms with Gasteiger partial charge in [0, 0.05) is 21.6 Å². The standard InChI is InChI=1S/C56H78O2S/c1-41(57)58-59(50-35-21-8-22-36-50,55-51(44-27-13-4-14-28-44)37-48(42-23-9-2-10-24-42)38-52(55)45-29-15-5-16-30-45)56-53(46-31-17-6-18-32-46)39-49(43-25-11-3-12-26-43)40-54(56)47-33-19-7-20-34-47/h8,21-22,35-40,42-47H,2-7,9-20,23-34H2,1H3. The highest BCUT2D eigenvalue weighted by Crippen LogP contribution is 2.75. The van der Waals surface area contributed by atoms with Crippen molar-refractivity contribution in [2.75, 3.05) is 0 Å². The first kappa shape index (κ1) is 41.8. The Bertz CT molecular complexity index is 1640. The Balaban J connectivity index is 1.42. The van der Waals surface area contributed by atoms with Crippen LogP contribution in [-0.4, -0.2) is 5.97 Å². The summed E-state index contributed by atoms with van der Waals surface area (Å²) in [6.45, 7) is 1.76. The summed E-state index contributed by atoms with van der Waals surface area (Å²) < 4.78 is 7.74. The molecule has 2 nitrogen and oxygen atoms in total. The highest BCUT2D eigenvalue weighted by molar-refractivity contribution is 8.30. The monoisotopic (exact) mass is 815 g/mol. The summed E-state index contributed by atoms with van der Waals surface area (Å²) in [7, 11) is -2.50. The maximum Gasteiger partial charge on any atom is 0.313 e. The summed E-state index contributed by atoms with van der Waals surface area (Å²) >= 11 is 0. The van der Waals surface area contributed by atoms with Crippen molar-refractivity contribution in [1.82, 2.24) is 0 Å². The number of carbonyl (C=O) groups is 1. The molecule has 0 amide bonds. The van der Waals surface area contributed by atoms with Gasteiger partial charge in [-0.1, -0.05) is 158 Å². The van der Waals surface area contributed by atoms with Gasteiger partial charge in [-0.3, -0.25) is 4.79 Å². The molecule has 0 saturated heterocycles. The van der Waals surface area contributed by atoms with Crippen molar-refractivity contribution in [3.63, 3.8) is 0 Å². The Morgan fingerprint density at radius 2 is 0.678 bits per heavy atom. The maximum absolute atomic E-state index is 14.6. The van der Waals surface area contributed by atoms with Gasteiger partial charge in [0.15, 0.2) is 0 Å². The molecular weight excluding hydrogens is 737 g/mol. The van der Waals surface area contributed by atoms with Crippen LogP contribution in [0.5, 0.6) is 0 Å². The molecule has 3 heteroatoms. The Labute approximate surface area is 361 Å². The Morgan fingerprint density at radius 3 is 0.949 bits per heavy atom. The maximum atomic E-state index is 14.6. The largest absolute Gasteiger partial charge is 0.402 e. The zero-order chi connectivity index (χ0) is 40.0. The van der Waals surface area contributed by atoms with Crippen LogP contribution in [0.2, 0.25) is 0 Å². The average Bonchev–Trinajstić information content (AvgIpc) is 3.32. The van der Waals surface area contributed by atoms with E-state index in [4.69, 9.17) is 4.18 Å². The van der Waals surface area contributed by atoms with Gasteiger partial charge in [0.2, 0.25) is 0 Å². The van der Waals surface area contributed by atoms with Gasteiger partial charge in [0.1, 0.15) is 0 Å². The summed E-state index contributed by atoms with van der Waals surface area (Å²) in [4.78, 5) is 18.9. The van der Waals surface area contributed by atoms with Crippen molar-refractivity contribution in [3.05, 3.63) is 88.0 Å². The van der Waals surface area contributed by atoms with Crippen LogP contribution in [0, 0.1) is 0 Å². The SMILES string of the molecule is CC(=O)OS(c1ccccc1)(c1c(C2CCCCC2)cc(C2CCCCC2)cc1C1CCCCC1)c1c(C2CCCCC2)cc(C2CCCCC2)cc1C1CCCCC1. The van der Waals surface area contributed by atoms with Crippen LogP contribution in [0.25, 0.3) is 0 Å². The second-order valence-electron chi connectivity index (χ2n) is 20.5. The molecule has 0 radical (unpaired) electrons. The lowest BCUT2D eigenvalue weighted by molar-refractivity contribution is -0.131. The van der Waals surface area contributed by atoms with Crippen LogP contribution in [0.1, 0.15) is 268 Å². The van der Waals surface area contributed by atoms with E-state index in [2.05, 4.69) is 54.6 Å². The molecule has 320 valence electrons. The van der Waals surface area contributed by atoms with Crippen molar-refractivity contribution in [2.24, 2.45) is 0 Å². The lowest BCUT2D eigenvalue weighted by Gasteiger charge is -2.48. The lowest BCUT2D eigenvalue weighted by Crippen LogP contribution is -2.24. The fourth-order valence-corrected chi connectivity index (χ4v) is 17.6. The van der Waals surface area contributed by atoms with Crippen LogP contribution in [0.3, 0.4) is 0 Å². The molecule has 3 aromatic rings. The Kier molecular flexibility index (Phi) is 13.9. The molecule has 0 aliphatic heterocycles. The topological polar surface area (TPSA) is 26.3 Å². The quantitative estimate of drug-likeness (QED) is 0.204. The molecule has 3 aromatic carbocycles. The van der Waals surface area contributed by atoms with Gasteiger partial charge < -0.3 is 4.18 Å². The number of carbonyl (C=O) groups excluding carboxylic acids is 1. The van der Waals surface area contributed by atoms with Crippen molar-refractivity contribution in [2.45, 2.75) is 250 Å². The van der Waals surface area contributed by atoms with E-state index >= 15 is 0 Å². The van der Waals surface area contributed by atoms with Gasteiger partial charge in [0.25, 0.3) is 0 Å². The summed E-state index contributed by atoms with van der Waals surface area (Å²) in [5.74, 6) is 3.31. The molecule has 0 aromatic heterocycles. The first-order valence-electron chi connectivity index (χ1n) is 25.5. The van der Waals surface area contributed by atoms with Gasteiger partial charge in [-0.2, -0.15) is 0 Å². The van der Waals surface area contributed by atoms with E-state index in [-0.39, 0.29) is 5.97 Å². The molecule has 0 unspecified atom stereocenters. The zero-order valence-corrected chi connectivity index (χ0v) is 37.9. The summed E-state index contributed by atoms with van der Waals surface area (Å²) in [5, 5.41) is 0. The van der Waals surface area contributed by atoms with E-state index in [1.54, 1.807) is 40.3 Å². The van der Waals surface area contributed by atoms with E-state index in [0.29, 0.717) is 35.5 Å². The highest BCUT2D eigenvalue weighted by atomic mass is 32.3. The molecule has 6 aliphatic rings. The number of rotatable bonds is 10. The third kappa shape index (κ3) is 9.04. The molecule has 6 fully saturated rings. The minimum atomic E-state index is -2.50. The normalized spacial score (nSPS) is 23.3. The van der Waals surface area contributed by atoms with Gasteiger partial charge in [-0.25, -0.2) is 0 Å². The smallest absolute Gasteiger partial charge is 0.313 e. The Hall–Kier alpha value is -2.52. The van der Waals surface area contributed by atoms with Gasteiger partial charge in [-0.05, 0) is 168 Å². The first-order valence-corrected chi connectivity index (χ1v) is 27.1. The van der Waals surface area contributed by atoms with Crippen LogP contribution in [-0.2, 0) is 8.98 Å². The van der Waals surface area contributed by atoms with Gasteiger partial charge in [0.05, 0.1) is 0 Å². The number of benzene rings is 3. The predicted molar refractivity (Wildman–Crippen MR) is 248 cm³/mol. The molecule has 0 heterocycles.